The zero-order chi connectivity index (χ0) is 42.1. The number of nitrogens with zero attached hydrogens (tertiary/aromatic N) is 3. The number of hydrogen-bond donors (Lipinski definition) is 3. The maximum absolute atomic E-state index is 14.8. The molecule has 0 spiro atoms. The molecule has 7 atom stereocenters. The van der Waals surface area contributed by atoms with E-state index in [-0.39, 0.29) is 55.0 Å². The van der Waals surface area contributed by atoms with Gasteiger partial charge >= 0.3 is 11.9 Å². The number of piperidine rings is 1. The molecule has 0 aliphatic carbocycles. The number of unbranched alkanes of at least 4 members (excludes halogenated alkanes) is 2. The molecule has 13 nitrogen and oxygen atoms in total. The highest BCUT2D eigenvalue weighted by Crippen LogP contribution is 2.32. The van der Waals surface area contributed by atoms with Crippen LogP contribution in [0.3, 0.4) is 0 Å². The van der Waals surface area contributed by atoms with Crippen LogP contribution in [-0.2, 0) is 35.1 Å². The van der Waals surface area contributed by atoms with Crippen LogP contribution in [0, 0.1) is 17.8 Å². The van der Waals surface area contributed by atoms with Gasteiger partial charge in [0.1, 0.15) is 23.5 Å². The largest absolute Gasteiger partial charge is 0.481 e. The van der Waals surface area contributed by atoms with Crippen molar-refractivity contribution in [2.45, 2.75) is 143 Å². The van der Waals surface area contributed by atoms with Crippen LogP contribution >= 0.6 is 11.3 Å². The number of benzene rings is 1. The summed E-state index contributed by atoms with van der Waals surface area (Å²) in [6.07, 6.45) is 6.17. The first-order valence-corrected chi connectivity index (χ1v) is 21.6. The molecular formula is C43H67N5O8S. The van der Waals surface area contributed by atoms with Crippen LogP contribution in [-0.4, -0.2) is 101 Å². The van der Waals surface area contributed by atoms with Gasteiger partial charge in [-0.1, -0.05) is 97.6 Å². The van der Waals surface area contributed by atoms with E-state index in [1.807, 2.05) is 65.1 Å². The van der Waals surface area contributed by atoms with E-state index in [9.17, 15) is 29.1 Å². The fourth-order valence-electron chi connectivity index (χ4n) is 7.25. The van der Waals surface area contributed by atoms with E-state index in [4.69, 9.17) is 9.47 Å². The van der Waals surface area contributed by atoms with Crippen molar-refractivity contribution in [3.05, 3.63) is 52.0 Å². The Morgan fingerprint density at radius 2 is 1.74 bits per heavy atom. The average molecular weight is 814 g/mol. The van der Waals surface area contributed by atoms with Crippen LogP contribution in [0.5, 0.6) is 0 Å². The summed E-state index contributed by atoms with van der Waals surface area (Å²) in [7, 11) is 1.94. The maximum atomic E-state index is 14.8. The highest BCUT2D eigenvalue weighted by atomic mass is 32.1. The number of thiazole rings is 1. The Morgan fingerprint density at radius 3 is 2.35 bits per heavy atom. The number of rotatable bonds is 24. The molecule has 1 aromatic heterocycles. The zero-order valence-corrected chi connectivity index (χ0v) is 36.1. The van der Waals surface area contributed by atoms with Crippen molar-refractivity contribution in [2.24, 2.45) is 17.8 Å². The third-order valence-electron chi connectivity index (χ3n) is 10.9. The molecule has 0 radical (unpaired) electrons. The van der Waals surface area contributed by atoms with E-state index in [1.54, 1.807) is 17.2 Å². The summed E-state index contributed by atoms with van der Waals surface area (Å²) < 4.78 is 12.0. The van der Waals surface area contributed by atoms with E-state index in [0.29, 0.717) is 24.5 Å². The van der Waals surface area contributed by atoms with Crippen molar-refractivity contribution in [2.75, 3.05) is 26.9 Å². The summed E-state index contributed by atoms with van der Waals surface area (Å²) in [6, 6.07) is 7.47. The average Bonchev–Trinajstić information content (AvgIpc) is 3.67. The number of likely N-dealkylation sites (tertiary alicyclic amines) is 1. The van der Waals surface area contributed by atoms with Crippen LogP contribution in [0.4, 0.5) is 0 Å². The number of hydrogen-bond acceptors (Lipinski definition) is 10. The van der Waals surface area contributed by atoms with Crippen molar-refractivity contribution >= 4 is 41.0 Å². The third kappa shape index (κ3) is 15.1. The summed E-state index contributed by atoms with van der Waals surface area (Å²) in [5.74, 6) is -3.34. The molecule has 1 saturated heterocycles. The van der Waals surface area contributed by atoms with Crippen LogP contribution in [0.2, 0.25) is 0 Å². The number of nitrogens with one attached hydrogen (secondary N) is 2. The smallest absolute Gasteiger partial charge is 0.306 e. The molecule has 2 aromatic rings. The van der Waals surface area contributed by atoms with Crippen LogP contribution in [0.15, 0.2) is 35.7 Å². The number of ether oxygens (including phenoxy) is 2. The Bertz CT molecular complexity index is 1570. The number of carboxylic acids is 1. The lowest BCUT2D eigenvalue weighted by atomic mass is 9.92. The predicted molar refractivity (Wildman–Crippen MR) is 222 cm³/mol. The first kappa shape index (κ1) is 47.5. The maximum Gasteiger partial charge on any atom is 0.306 e. The van der Waals surface area contributed by atoms with Crippen molar-refractivity contribution in [1.82, 2.24) is 25.4 Å². The van der Waals surface area contributed by atoms with E-state index < -0.39 is 48.0 Å². The summed E-state index contributed by atoms with van der Waals surface area (Å²) in [4.78, 5) is 74.8. The number of amides is 3. The van der Waals surface area contributed by atoms with Gasteiger partial charge in [-0.2, -0.15) is 0 Å². The minimum atomic E-state index is -0.948. The van der Waals surface area contributed by atoms with Crippen LogP contribution in [0.1, 0.15) is 133 Å². The number of esters is 1. The van der Waals surface area contributed by atoms with Gasteiger partial charge in [0.25, 0.3) is 5.91 Å². The Morgan fingerprint density at radius 1 is 1.02 bits per heavy atom. The highest BCUT2D eigenvalue weighted by Gasteiger charge is 2.39. The number of carbonyl (C=O) groups is 5. The van der Waals surface area contributed by atoms with Gasteiger partial charge in [-0.05, 0) is 63.1 Å². The molecule has 0 saturated carbocycles. The Labute approximate surface area is 343 Å². The lowest BCUT2D eigenvalue weighted by Gasteiger charge is -2.40. The summed E-state index contributed by atoms with van der Waals surface area (Å²) in [5, 5.41) is 17.7. The fraction of sp³-hybridized carbons (Fsp3) is 0.674. The van der Waals surface area contributed by atoms with Crippen molar-refractivity contribution in [3.8, 4) is 0 Å². The van der Waals surface area contributed by atoms with Gasteiger partial charge in [-0.25, -0.2) is 4.98 Å². The second-order valence-electron chi connectivity index (χ2n) is 16.0. The van der Waals surface area contributed by atoms with E-state index >= 15 is 0 Å². The third-order valence-corrected chi connectivity index (χ3v) is 11.9. The number of likely N-dealkylation sites (N-methyl/N-ethyl adjacent to an activating group) is 1. The first-order valence-electron chi connectivity index (χ1n) is 20.8. The van der Waals surface area contributed by atoms with Crippen LogP contribution < -0.4 is 10.6 Å². The van der Waals surface area contributed by atoms with Crippen molar-refractivity contribution in [3.63, 3.8) is 0 Å². The molecule has 2 heterocycles. The number of aliphatic carboxylic acids is 1. The molecule has 3 amide bonds. The SMILES string of the molecule is CCCCCOCN(C(=O)[C@@H](NC(=O)[C@H]1CCCCN1C)C(C)CC)[C@H](C[C@@H](OC(C)=O)c1nc(C(=O)N[C@@H](Cc2ccccc2)C[C@H](C)C(=O)O)cs1)C(C)C. The van der Waals surface area contributed by atoms with Gasteiger partial charge in [0, 0.05) is 37.4 Å². The summed E-state index contributed by atoms with van der Waals surface area (Å²) >= 11 is 1.18. The molecule has 0 bridgehead atoms. The molecular weight excluding hydrogens is 747 g/mol. The molecule has 3 N–H and O–H groups in total. The van der Waals surface area contributed by atoms with Crippen molar-refractivity contribution in [1.29, 1.82) is 0 Å². The fourth-order valence-corrected chi connectivity index (χ4v) is 8.09. The standard InChI is InChI=1S/C43H67N5O8S/c1-9-11-17-22-55-27-48(42(52)38(29(5)10-2)46-40(51)35-20-15-16-21-47(35)8)36(28(3)4)25-37(56-31(7)49)41-45-34(26-57-41)39(50)44-33(23-30(6)43(53)54)24-32-18-13-12-14-19-32/h12-14,18-19,26,28-30,33,35-38H,9-11,15-17,20-25,27H2,1-8H3,(H,44,50)(H,46,51)(H,53,54)/t29?,30-,33+,35+,36+,37+,38-/m0/s1. The Balaban J connectivity index is 1.92. The predicted octanol–water partition coefficient (Wildman–Crippen LogP) is 6.62. The minimum Gasteiger partial charge on any atom is -0.481 e. The monoisotopic (exact) mass is 813 g/mol. The number of carboxylic acid groups (broad SMARTS) is 1. The minimum absolute atomic E-state index is 0.00653. The molecule has 1 aliphatic rings. The molecule has 14 heteroatoms. The Kier molecular flexibility index (Phi) is 20.1. The van der Waals surface area contributed by atoms with Gasteiger partial charge in [-0.15, -0.1) is 11.3 Å². The molecule has 3 rings (SSSR count). The molecule has 318 valence electrons. The molecule has 57 heavy (non-hydrogen) atoms. The molecule has 1 aliphatic heterocycles. The molecule has 1 unspecified atom stereocenters. The van der Waals surface area contributed by atoms with Gasteiger partial charge in [0.2, 0.25) is 11.8 Å². The second kappa shape index (κ2) is 24.1. The normalized spacial score (nSPS) is 17.8. The highest BCUT2D eigenvalue weighted by molar-refractivity contribution is 7.09. The number of aromatic nitrogens is 1. The quantitative estimate of drug-likeness (QED) is 0.0596. The lowest BCUT2D eigenvalue weighted by molar-refractivity contribution is -0.153. The first-order chi connectivity index (χ1) is 27.2. The van der Waals surface area contributed by atoms with Gasteiger partial charge < -0.3 is 30.1 Å². The lowest BCUT2D eigenvalue weighted by Crippen LogP contribution is -2.59. The molecule has 1 fully saturated rings. The Hall–Kier alpha value is -3.88. The van der Waals surface area contributed by atoms with Gasteiger partial charge in [0.05, 0.1) is 12.0 Å². The second-order valence-corrected chi connectivity index (χ2v) is 16.9. The van der Waals surface area contributed by atoms with Gasteiger partial charge in [0.15, 0.2) is 6.10 Å². The van der Waals surface area contributed by atoms with E-state index in [0.717, 1.165) is 50.6 Å². The zero-order valence-electron chi connectivity index (χ0n) is 35.3. The molecule has 1 aromatic carbocycles. The van der Waals surface area contributed by atoms with E-state index in [2.05, 4.69) is 27.4 Å². The summed E-state index contributed by atoms with van der Waals surface area (Å²) in [5.41, 5.74) is 1.08. The van der Waals surface area contributed by atoms with E-state index in [1.165, 1.54) is 18.3 Å². The summed E-state index contributed by atoms with van der Waals surface area (Å²) in [6.45, 7) is 14.3. The van der Waals surface area contributed by atoms with Gasteiger partial charge in [-0.3, -0.25) is 28.9 Å². The van der Waals surface area contributed by atoms with Crippen molar-refractivity contribution < 1.29 is 38.6 Å². The number of carbonyl (C=O) groups excluding carboxylic acids is 4. The van der Waals surface area contributed by atoms with Crippen LogP contribution in [0.25, 0.3) is 0 Å². The topological polar surface area (TPSA) is 167 Å².